The van der Waals surface area contributed by atoms with Crippen LogP contribution >= 0.6 is 15.9 Å². The first-order valence-corrected chi connectivity index (χ1v) is 7.48. The highest BCUT2D eigenvalue weighted by Crippen LogP contribution is 2.10. The molecule has 0 atom stereocenters. The second-order valence-corrected chi connectivity index (χ2v) is 4.81. The smallest absolute Gasteiger partial charge is 0.143 e. The molecule has 1 aromatic carbocycles. The summed E-state index contributed by atoms with van der Waals surface area (Å²) in [5.41, 5.74) is 1.39. The van der Waals surface area contributed by atoms with E-state index in [9.17, 15) is 0 Å². The lowest BCUT2D eigenvalue weighted by Gasteiger charge is -2.06. The van der Waals surface area contributed by atoms with Gasteiger partial charge in [-0.2, -0.15) is 0 Å². The van der Waals surface area contributed by atoms with E-state index in [1.807, 2.05) is 0 Å². The molecule has 3 nitrogen and oxygen atoms in total. The molecule has 4 heteroatoms. The first-order chi connectivity index (χ1) is 8.85. The van der Waals surface area contributed by atoms with Crippen LogP contribution in [0.15, 0.2) is 30.3 Å². The predicted octanol–water partition coefficient (Wildman–Crippen LogP) is 3.37. The Labute approximate surface area is 116 Å². The molecule has 0 saturated carbocycles. The Morgan fingerprint density at radius 3 is 2.44 bits per heavy atom. The third kappa shape index (κ3) is 3.19. The molecule has 2 aromatic rings. The van der Waals surface area contributed by atoms with Crippen LogP contribution in [0.4, 0.5) is 0 Å². The molecule has 0 saturated heterocycles. The molecule has 0 aliphatic heterocycles. The van der Waals surface area contributed by atoms with Crippen molar-refractivity contribution in [1.82, 2.24) is 14.8 Å². The fourth-order valence-electron chi connectivity index (χ4n) is 2.12. The number of aromatic nitrogens is 3. The van der Waals surface area contributed by atoms with E-state index in [1.54, 1.807) is 0 Å². The van der Waals surface area contributed by atoms with Gasteiger partial charge in [0.05, 0.1) is 5.33 Å². The van der Waals surface area contributed by atoms with E-state index in [4.69, 9.17) is 0 Å². The highest BCUT2D eigenvalue weighted by molar-refractivity contribution is 9.08. The van der Waals surface area contributed by atoms with Gasteiger partial charge in [0, 0.05) is 13.0 Å². The van der Waals surface area contributed by atoms with Crippen molar-refractivity contribution in [3.05, 3.63) is 47.5 Å². The number of hydrogen-bond donors (Lipinski definition) is 0. The summed E-state index contributed by atoms with van der Waals surface area (Å²) >= 11 is 3.44. The quantitative estimate of drug-likeness (QED) is 0.766. The molecule has 0 bridgehead atoms. The van der Waals surface area contributed by atoms with Crippen LogP contribution in [0.3, 0.4) is 0 Å². The second-order valence-electron chi connectivity index (χ2n) is 4.25. The molecule has 0 N–H and O–H groups in total. The van der Waals surface area contributed by atoms with Gasteiger partial charge < -0.3 is 4.57 Å². The van der Waals surface area contributed by atoms with Gasteiger partial charge >= 0.3 is 0 Å². The number of alkyl halides is 1. The zero-order chi connectivity index (χ0) is 12.8. The number of nitrogens with zero attached hydrogens (tertiary/aromatic N) is 3. The lowest BCUT2D eigenvalue weighted by atomic mass is 10.1. The van der Waals surface area contributed by atoms with Gasteiger partial charge in [0.15, 0.2) is 0 Å². The van der Waals surface area contributed by atoms with Crippen LogP contribution in [0.1, 0.15) is 30.6 Å². The molecular weight excluding hydrogens is 290 g/mol. The Balaban J connectivity index is 1.92. The summed E-state index contributed by atoms with van der Waals surface area (Å²) in [4.78, 5) is 0. The normalized spacial score (nSPS) is 10.8. The Kier molecular flexibility index (Phi) is 4.93. The van der Waals surface area contributed by atoms with Crippen molar-refractivity contribution < 1.29 is 0 Å². The molecule has 1 heterocycles. The molecule has 0 unspecified atom stereocenters. The Hall–Kier alpha value is -1.16. The molecule has 2 rings (SSSR count). The standard InChI is InChI=1S/C14H18BrN3/c1-2-18-13(16-17-14(18)11-15)10-6-9-12-7-4-3-5-8-12/h3-5,7-8H,2,6,9-11H2,1H3. The van der Waals surface area contributed by atoms with Crippen molar-refractivity contribution in [1.29, 1.82) is 0 Å². The summed E-state index contributed by atoms with van der Waals surface area (Å²) in [5, 5.41) is 9.24. The predicted molar refractivity (Wildman–Crippen MR) is 76.8 cm³/mol. The zero-order valence-electron chi connectivity index (χ0n) is 10.6. The summed E-state index contributed by atoms with van der Waals surface area (Å²) in [6, 6.07) is 10.6. The van der Waals surface area contributed by atoms with E-state index in [2.05, 4.69) is 67.9 Å². The summed E-state index contributed by atoms with van der Waals surface area (Å²) in [7, 11) is 0. The summed E-state index contributed by atoms with van der Waals surface area (Å²) in [6.07, 6.45) is 3.20. The van der Waals surface area contributed by atoms with Crippen molar-refractivity contribution in [2.45, 2.75) is 38.1 Å². The minimum Gasteiger partial charge on any atom is -0.315 e. The van der Waals surface area contributed by atoms with Crippen molar-refractivity contribution >= 4 is 15.9 Å². The first kappa shape index (κ1) is 13.3. The van der Waals surface area contributed by atoms with Gasteiger partial charge in [-0.1, -0.05) is 46.3 Å². The lowest BCUT2D eigenvalue weighted by molar-refractivity contribution is 0.653. The van der Waals surface area contributed by atoms with Crippen LogP contribution in [-0.4, -0.2) is 14.8 Å². The number of hydrogen-bond acceptors (Lipinski definition) is 2. The minimum atomic E-state index is 0.770. The maximum absolute atomic E-state index is 4.27. The number of rotatable bonds is 6. The molecule has 18 heavy (non-hydrogen) atoms. The maximum atomic E-state index is 4.27. The van der Waals surface area contributed by atoms with Gasteiger partial charge in [0.1, 0.15) is 11.6 Å². The fourth-order valence-corrected chi connectivity index (χ4v) is 2.53. The SMILES string of the molecule is CCn1c(CBr)nnc1CCCc1ccccc1. The molecule has 0 fully saturated rings. The van der Waals surface area contributed by atoms with Gasteiger partial charge in [0.2, 0.25) is 0 Å². The third-order valence-electron chi connectivity index (χ3n) is 3.05. The first-order valence-electron chi connectivity index (χ1n) is 6.36. The van der Waals surface area contributed by atoms with Crippen LogP contribution in [0.2, 0.25) is 0 Å². The van der Waals surface area contributed by atoms with Crippen LogP contribution in [0, 0.1) is 0 Å². The molecule has 0 aliphatic rings. The van der Waals surface area contributed by atoms with E-state index < -0.39 is 0 Å². The molecule has 1 aromatic heterocycles. The fraction of sp³-hybridized carbons (Fsp3) is 0.429. The lowest BCUT2D eigenvalue weighted by Crippen LogP contribution is -2.05. The summed E-state index contributed by atoms with van der Waals surface area (Å²) in [5.74, 6) is 2.12. The Bertz CT molecular complexity index is 479. The molecule has 96 valence electrons. The van der Waals surface area contributed by atoms with Crippen LogP contribution in [0.25, 0.3) is 0 Å². The monoisotopic (exact) mass is 307 g/mol. The van der Waals surface area contributed by atoms with Crippen LogP contribution < -0.4 is 0 Å². The van der Waals surface area contributed by atoms with Crippen molar-refractivity contribution in [2.75, 3.05) is 0 Å². The average Bonchev–Trinajstić information content (AvgIpc) is 2.82. The average molecular weight is 308 g/mol. The van der Waals surface area contributed by atoms with Gasteiger partial charge in [-0.3, -0.25) is 0 Å². The largest absolute Gasteiger partial charge is 0.315 e. The molecular formula is C14H18BrN3. The zero-order valence-corrected chi connectivity index (χ0v) is 12.2. The molecule has 0 radical (unpaired) electrons. The second kappa shape index (κ2) is 6.69. The van der Waals surface area contributed by atoms with Crippen molar-refractivity contribution in [3.8, 4) is 0 Å². The van der Waals surface area contributed by atoms with Crippen LogP contribution in [-0.2, 0) is 24.7 Å². The maximum Gasteiger partial charge on any atom is 0.143 e. The van der Waals surface area contributed by atoms with Gasteiger partial charge in [-0.05, 0) is 25.3 Å². The van der Waals surface area contributed by atoms with E-state index in [0.717, 1.165) is 42.8 Å². The Morgan fingerprint density at radius 1 is 1.06 bits per heavy atom. The molecule has 0 spiro atoms. The number of aryl methyl sites for hydroxylation is 2. The molecule has 0 aliphatic carbocycles. The number of benzene rings is 1. The Morgan fingerprint density at radius 2 is 1.78 bits per heavy atom. The number of halogens is 1. The van der Waals surface area contributed by atoms with E-state index in [0.29, 0.717) is 0 Å². The molecule has 0 amide bonds. The van der Waals surface area contributed by atoms with Gasteiger partial charge in [0.25, 0.3) is 0 Å². The summed E-state index contributed by atoms with van der Waals surface area (Å²) in [6.45, 7) is 3.07. The summed E-state index contributed by atoms with van der Waals surface area (Å²) < 4.78 is 2.19. The van der Waals surface area contributed by atoms with Gasteiger partial charge in [-0.25, -0.2) is 0 Å². The van der Waals surface area contributed by atoms with Crippen molar-refractivity contribution in [3.63, 3.8) is 0 Å². The third-order valence-corrected chi connectivity index (χ3v) is 3.55. The van der Waals surface area contributed by atoms with Gasteiger partial charge in [-0.15, -0.1) is 10.2 Å². The van der Waals surface area contributed by atoms with Crippen molar-refractivity contribution in [2.24, 2.45) is 0 Å². The van der Waals surface area contributed by atoms with Crippen LogP contribution in [0.5, 0.6) is 0 Å². The van der Waals surface area contributed by atoms with E-state index in [-0.39, 0.29) is 0 Å². The topological polar surface area (TPSA) is 30.7 Å². The van der Waals surface area contributed by atoms with E-state index in [1.165, 1.54) is 5.56 Å². The highest BCUT2D eigenvalue weighted by Gasteiger charge is 2.08. The minimum absolute atomic E-state index is 0.770. The highest BCUT2D eigenvalue weighted by atomic mass is 79.9. The van der Waals surface area contributed by atoms with E-state index >= 15 is 0 Å².